The highest BCUT2D eigenvalue weighted by molar-refractivity contribution is 7.89. The minimum atomic E-state index is -3.95. The van der Waals surface area contributed by atoms with Crippen LogP contribution in [0.4, 0.5) is 5.95 Å². The monoisotopic (exact) mass is 531 g/mol. The fourth-order valence-electron chi connectivity index (χ4n) is 4.91. The summed E-state index contributed by atoms with van der Waals surface area (Å²) in [7, 11) is -3.95. The Hall–Kier alpha value is -2.90. The molecule has 3 aromatic heterocycles. The number of aryl methyl sites for hydroxylation is 1. The van der Waals surface area contributed by atoms with E-state index in [2.05, 4.69) is 21.9 Å². The molecule has 0 N–H and O–H groups in total. The van der Waals surface area contributed by atoms with E-state index < -0.39 is 15.6 Å². The highest BCUT2D eigenvalue weighted by Crippen LogP contribution is 2.33. The van der Waals surface area contributed by atoms with Crippen LogP contribution in [-0.4, -0.2) is 82.3 Å². The summed E-state index contributed by atoms with van der Waals surface area (Å²) in [6.07, 6.45) is 6.68. The summed E-state index contributed by atoms with van der Waals surface area (Å²) >= 11 is 1.18. The van der Waals surface area contributed by atoms with Crippen molar-refractivity contribution in [3.8, 4) is 0 Å². The summed E-state index contributed by atoms with van der Waals surface area (Å²) in [6, 6.07) is 1.73. The van der Waals surface area contributed by atoms with Crippen LogP contribution in [0.15, 0.2) is 34.5 Å². The first kappa shape index (κ1) is 24.8. The quantitative estimate of drug-likeness (QED) is 0.483. The number of anilines is 1. The standard InChI is InChI=1S/C23H29N7O4S2/c1-16-5-3-8-28(13-16)18(31)14-29-15-26-21-19(22(29)32)20(17(2)35-21)36(33,34)30-11-9-27(10-12-30)23-24-6-4-7-25-23/h4,6-7,15-16H,3,5,8-14H2,1-2H3/t16-/m0/s1. The van der Waals surface area contributed by atoms with Crippen molar-refractivity contribution in [1.82, 2.24) is 28.7 Å². The largest absolute Gasteiger partial charge is 0.341 e. The zero-order chi connectivity index (χ0) is 25.4. The molecule has 36 heavy (non-hydrogen) atoms. The molecule has 13 heteroatoms. The van der Waals surface area contributed by atoms with Crippen LogP contribution in [0.3, 0.4) is 0 Å². The van der Waals surface area contributed by atoms with E-state index >= 15 is 0 Å². The number of piperidine rings is 1. The molecule has 0 aliphatic carbocycles. The van der Waals surface area contributed by atoms with Crippen LogP contribution in [0.25, 0.3) is 10.2 Å². The smallest absolute Gasteiger partial charge is 0.263 e. The Kier molecular flexibility index (Phi) is 6.79. The predicted octanol–water partition coefficient (Wildman–Crippen LogP) is 1.33. The van der Waals surface area contributed by atoms with Crippen molar-refractivity contribution in [1.29, 1.82) is 0 Å². The van der Waals surface area contributed by atoms with Gasteiger partial charge in [-0.1, -0.05) is 6.92 Å². The molecule has 0 aromatic carbocycles. The van der Waals surface area contributed by atoms with Crippen molar-refractivity contribution in [2.75, 3.05) is 44.2 Å². The lowest BCUT2D eigenvalue weighted by Crippen LogP contribution is -2.49. The van der Waals surface area contributed by atoms with E-state index in [9.17, 15) is 18.0 Å². The van der Waals surface area contributed by atoms with Crippen LogP contribution in [0, 0.1) is 12.8 Å². The third-order valence-corrected chi connectivity index (χ3v) is 10.00. The molecule has 0 spiro atoms. The third-order valence-electron chi connectivity index (χ3n) is 6.79. The van der Waals surface area contributed by atoms with E-state index in [1.165, 1.54) is 26.5 Å². The van der Waals surface area contributed by atoms with Gasteiger partial charge in [0.05, 0.1) is 11.7 Å². The molecule has 0 unspecified atom stereocenters. The maximum Gasteiger partial charge on any atom is 0.263 e. The van der Waals surface area contributed by atoms with E-state index in [-0.39, 0.29) is 35.8 Å². The molecule has 2 aliphatic heterocycles. The highest BCUT2D eigenvalue weighted by atomic mass is 32.2. The third kappa shape index (κ3) is 4.62. The number of fused-ring (bicyclic) bond motifs is 1. The zero-order valence-electron chi connectivity index (χ0n) is 20.3. The van der Waals surface area contributed by atoms with E-state index in [4.69, 9.17) is 0 Å². The van der Waals surface area contributed by atoms with Gasteiger partial charge in [-0.2, -0.15) is 4.31 Å². The van der Waals surface area contributed by atoms with E-state index in [0.717, 1.165) is 12.8 Å². The fraction of sp³-hybridized carbons (Fsp3) is 0.522. The Labute approximate surface area is 213 Å². The summed E-state index contributed by atoms with van der Waals surface area (Å²) in [6.45, 7) is 6.36. The number of thiophene rings is 1. The Bertz CT molecular complexity index is 1430. The first-order chi connectivity index (χ1) is 17.3. The summed E-state index contributed by atoms with van der Waals surface area (Å²) < 4.78 is 30.1. The molecule has 192 valence electrons. The minimum absolute atomic E-state index is 0.00203. The molecule has 2 fully saturated rings. The van der Waals surface area contributed by atoms with Crippen molar-refractivity contribution >= 4 is 43.4 Å². The summed E-state index contributed by atoms with van der Waals surface area (Å²) in [4.78, 5) is 43.8. The Morgan fingerprint density at radius 2 is 1.83 bits per heavy atom. The van der Waals surface area contributed by atoms with Gasteiger partial charge in [0.15, 0.2) is 0 Å². The second-order valence-electron chi connectivity index (χ2n) is 9.37. The van der Waals surface area contributed by atoms with Crippen LogP contribution >= 0.6 is 11.3 Å². The number of sulfonamides is 1. The predicted molar refractivity (Wildman–Crippen MR) is 137 cm³/mol. The molecular weight excluding hydrogens is 502 g/mol. The molecule has 0 bridgehead atoms. The van der Waals surface area contributed by atoms with Gasteiger partial charge >= 0.3 is 0 Å². The van der Waals surface area contributed by atoms with Crippen molar-refractivity contribution in [2.24, 2.45) is 5.92 Å². The van der Waals surface area contributed by atoms with Crippen LogP contribution in [0.1, 0.15) is 24.6 Å². The second kappa shape index (κ2) is 9.87. The molecule has 2 saturated heterocycles. The van der Waals surface area contributed by atoms with Crippen LogP contribution in [-0.2, 0) is 21.4 Å². The van der Waals surface area contributed by atoms with Crippen molar-refractivity contribution in [3.63, 3.8) is 0 Å². The number of carbonyl (C=O) groups is 1. The lowest BCUT2D eigenvalue weighted by molar-refractivity contribution is -0.133. The average Bonchev–Trinajstić information content (AvgIpc) is 3.24. The van der Waals surface area contributed by atoms with Crippen LogP contribution in [0.5, 0.6) is 0 Å². The Morgan fingerprint density at radius 3 is 2.53 bits per heavy atom. The van der Waals surface area contributed by atoms with E-state index in [0.29, 0.717) is 47.8 Å². The highest BCUT2D eigenvalue weighted by Gasteiger charge is 2.34. The number of rotatable bonds is 5. The average molecular weight is 532 g/mol. The molecule has 3 aromatic rings. The molecule has 11 nitrogen and oxygen atoms in total. The second-order valence-corrected chi connectivity index (χ2v) is 12.5. The van der Waals surface area contributed by atoms with E-state index in [1.807, 2.05) is 4.90 Å². The van der Waals surface area contributed by atoms with Crippen molar-refractivity contribution < 1.29 is 13.2 Å². The summed E-state index contributed by atoms with van der Waals surface area (Å²) in [5.41, 5.74) is -0.502. The number of hydrogen-bond acceptors (Lipinski definition) is 9. The van der Waals surface area contributed by atoms with Gasteiger partial charge in [-0.15, -0.1) is 11.3 Å². The SMILES string of the molecule is Cc1sc2ncn(CC(=O)N3CCC[C@H](C)C3)c(=O)c2c1S(=O)(=O)N1CCN(c2ncccn2)CC1. The molecule has 0 saturated carbocycles. The molecule has 2 aliphatic rings. The number of carbonyl (C=O) groups excluding carboxylic acids is 1. The van der Waals surface area contributed by atoms with Crippen molar-refractivity contribution in [3.05, 3.63) is 40.0 Å². The normalized spacial score (nSPS) is 19.7. The number of aromatic nitrogens is 4. The molecule has 1 atom stereocenters. The minimum Gasteiger partial charge on any atom is -0.341 e. The van der Waals surface area contributed by atoms with Crippen LogP contribution in [0.2, 0.25) is 0 Å². The van der Waals surface area contributed by atoms with Crippen LogP contribution < -0.4 is 10.5 Å². The van der Waals surface area contributed by atoms with Gasteiger partial charge < -0.3 is 9.80 Å². The van der Waals surface area contributed by atoms with Crippen molar-refractivity contribution in [2.45, 2.75) is 38.1 Å². The Balaban J connectivity index is 1.41. The summed E-state index contributed by atoms with van der Waals surface area (Å²) in [5.74, 6) is 0.831. The molecule has 1 amide bonds. The maximum atomic E-state index is 13.7. The van der Waals surface area contributed by atoms with E-state index in [1.54, 1.807) is 30.3 Å². The van der Waals surface area contributed by atoms with Gasteiger partial charge in [-0.05, 0) is 31.7 Å². The molecule has 0 radical (unpaired) electrons. The first-order valence-electron chi connectivity index (χ1n) is 12.0. The number of nitrogens with zero attached hydrogens (tertiary/aromatic N) is 7. The number of hydrogen-bond donors (Lipinski definition) is 0. The van der Waals surface area contributed by atoms with Gasteiger partial charge in [-0.25, -0.2) is 23.4 Å². The topological polar surface area (TPSA) is 122 Å². The van der Waals surface area contributed by atoms with Gasteiger partial charge in [0.1, 0.15) is 16.3 Å². The fourth-order valence-corrected chi connectivity index (χ4v) is 8.00. The Morgan fingerprint density at radius 1 is 1.11 bits per heavy atom. The molecule has 5 rings (SSSR count). The lowest BCUT2D eigenvalue weighted by Gasteiger charge is -2.33. The van der Waals surface area contributed by atoms with Gasteiger partial charge in [0.2, 0.25) is 21.9 Å². The number of likely N-dealkylation sites (tertiary alicyclic amines) is 1. The van der Waals surface area contributed by atoms with Gasteiger partial charge in [-0.3, -0.25) is 14.2 Å². The van der Waals surface area contributed by atoms with Gasteiger partial charge in [0.25, 0.3) is 5.56 Å². The number of amides is 1. The maximum absolute atomic E-state index is 13.7. The lowest BCUT2D eigenvalue weighted by atomic mass is 10.0. The first-order valence-corrected chi connectivity index (χ1v) is 14.3. The molecular formula is C23H29N7O4S2. The van der Waals surface area contributed by atoms with Gasteiger partial charge in [0, 0.05) is 56.5 Å². The molecule has 5 heterocycles. The number of piperazine rings is 1. The summed E-state index contributed by atoms with van der Waals surface area (Å²) in [5, 5.41) is 0.0636. The zero-order valence-corrected chi connectivity index (χ0v) is 22.0.